The lowest BCUT2D eigenvalue weighted by atomic mass is 10.1. The zero-order valence-electron chi connectivity index (χ0n) is 16.3. The molecule has 2 heterocycles. The van der Waals surface area contributed by atoms with Gasteiger partial charge in [0, 0.05) is 25.3 Å². The number of nitrogens with zero attached hydrogens (tertiary/aromatic N) is 2. The molecule has 1 aromatic carbocycles. The SMILES string of the molecule is CCOC(=O)COC1CCCN(CC2CN(c3ccc(CN)cc3)C(=O)O2)C1. The molecule has 0 radical (unpaired) electrons. The van der Waals surface area contributed by atoms with Crippen LogP contribution >= 0.6 is 0 Å². The number of carbonyl (C=O) groups is 2. The Bertz CT molecular complexity index is 666. The smallest absolute Gasteiger partial charge is 0.414 e. The number of piperidine rings is 1. The van der Waals surface area contributed by atoms with E-state index >= 15 is 0 Å². The molecule has 1 aromatic rings. The van der Waals surface area contributed by atoms with E-state index in [-0.39, 0.29) is 30.9 Å². The van der Waals surface area contributed by atoms with Crippen molar-refractivity contribution in [2.75, 3.05) is 44.3 Å². The maximum atomic E-state index is 12.3. The maximum Gasteiger partial charge on any atom is 0.414 e. The quantitative estimate of drug-likeness (QED) is 0.671. The highest BCUT2D eigenvalue weighted by Crippen LogP contribution is 2.23. The van der Waals surface area contributed by atoms with Crippen LogP contribution < -0.4 is 10.6 Å². The average molecular weight is 391 g/mol. The van der Waals surface area contributed by atoms with Gasteiger partial charge in [-0.3, -0.25) is 9.80 Å². The number of benzene rings is 1. The molecular weight excluding hydrogens is 362 g/mol. The normalized spacial score (nSPS) is 22.9. The second-order valence-corrected chi connectivity index (χ2v) is 7.13. The Balaban J connectivity index is 1.48. The number of ether oxygens (including phenoxy) is 3. The van der Waals surface area contributed by atoms with Crippen LogP contribution in [0.1, 0.15) is 25.3 Å². The molecule has 0 aliphatic carbocycles. The number of hydrogen-bond donors (Lipinski definition) is 1. The fourth-order valence-electron chi connectivity index (χ4n) is 3.63. The predicted octanol–water partition coefficient (Wildman–Crippen LogP) is 1.51. The summed E-state index contributed by atoms with van der Waals surface area (Å²) in [5, 5.41) is 0. The third-order valence-electron chi connectivity index (χ3n) is 5.02. The van der Waals surface area contributed by atoms with Gasteiger partial charge in [0.1, 0.15) is 12.7 Å². The molecule has 0 spiro atoms. The zero-order valence-corrected chi connectivity index (χ0v) is 16.3. The van der Waals surface area contributed by atoms with Gasteiger partial charge in [-0.2, -0.15) is 0 Å². The average Bonchev–Trinajstić information content (AvgIpc) is 3.07. The molecule has 2 fully saturated rings. The molecule has 0 aromatic heterocycles. The van der Waals surface area contributed by atoms with Crippen LogP contribution in [0.4, 0.5) is 10.5 Å². The van der Waals surface area contributed by atoms with Crippen molar-refractivity contribution in [3.05, 3.63) is 29.8 Å². The van der Waals surface area contributed by atoms with Crippen molar-refractivity contribution < 1.29 is 23.8 Å². The van der Waals surface area contributed by atoms with Gasteiger partial charge in [0.05, 0.1) is 19.3 Å². The van der Waals surface area contributed by atoms with E-state index < -0.39 is 0 Å². The molecule has 0 bridgehead atoms. The summed E-state index contributed by atoms with van der Waals surface area (Å²) < 4.78 is 16.1. The fraction of sp³-hybridized carbons (Fsp3) is 0.600. The minimum absolute atomic E-state index is 0.00447. The van der Waals surface area contributed by atoms with Crippen LogP contribution in [-0.4, -0.2) is 68.6 Å². The first-order chi connectivity index (χ1) is 13.6. The first kappa shape index (κ1) is 20.6. The Morgan fingerprint density at radius 2 is 2.07 bits per heavy atom. The number of likely N-dealkylation sites (tertiary alicyclic amines) is 1. The molecule has 28 heavy (non-hydrogen) atoms. The van der Waals surface area contributed by atoms with Crippen molar-refractivity contribution in [1.82, 2.24) is 4.90 Å². The molecule has 2 aliphatic rings. The van der Waals surface area contributed by atoms with Gasteiger partial charge in [0.25, 0.3) is 0 Å². The van der Waals surface area contributed by atoms with E-state index in [9.17, 15) is 9.59 Å². The number of rotatable bonds is 8. The second kappa shape index (κ2) is 9.86. The molecule has 0 saturated carbocycles. The molecule has 8 heteroatoms. The van der Waals surface area contributed by atoms with E-state index in [0.29, 0.717) is 26.2 Å². The second-order valence-electron chi connectivity index (χ2n) is 7.13. The van der Waals surface area contributed by atoms with Crippen LogP contribution in [0, 0.1) is 0 Å². The molecule has 2 N–H and O–H groups in total. The van der Waals surface area contributed by atoms with Gasteiger partial charge in [-0.25, -0.2) is 9.59 Å². The third-order valence-corrected chi connectivity index (χ3v) is 5.02. The van der Waals surface area contributed by atoms with Gasteiger partial charge < -0.3 is 19.9 Å². The van der Waals surface area contributed by atoms with Gasteiger partial charge in [0.2, 0.25) is 0 Å². The number of hydrogen-bond acceptors (Lipinski definition) is 7. The van der Waals surface area contributed by atoms with Gasteiger partial charge in [-0.1, -0.05) is 12.1 Å². The molecule has 2 saturated heterocycles. The van der Waals surface area contributed by atoms with E-state index in [1.807, 2.05) is 24.3 Å². The number of cyclic esters (lactones) is 1. The lowest BCUT2D eigenvalue weighted by Crippen LogP contribution is -2.44. The Morgan fingerprint density at radius 1 is 1.29 bits per heavy atom. The van der Waals surface area contributed by atoms with E-state index in [4.69, 9.17) is 19.9 Å². The standard InChI is InChI=1S/C20H29N3O5/c1-2-26-19(24)14-27-17-4-3-9-22(11-17)12-18-13-23(20(25)28-18)16-7-5-15(10-21)6-8-16/h5-8,17-18H,2-4,9-14,21H2,1H3. The van der Waals surface area contributed by atoms with E-state index in [2.05, 4.69) is 4.90 Å². The summed E-state index contributed by atoms with van der Waals surface area (Å²) in [6.07, 6.45) is 1.39. The Kier molecular flexibility index (Phi) is 7.24. The highest BCUT2D eigenvalue weighted by molar-refractivity contribution is 5.89. The highest BCUT2D eigenvalue weighted by Gasteiger charge is 2.34. The largest absolute Gasteiger partial charge is 0.464 e. The van der Waals surface area contributed by atoms with Crippen molar-refractivity contribution in [3.63, 3.8) is 0 Å². The third kappa shape index (κ3) is 5.43. The summed E-state index contributed by atoms with van der Waals surface area (Å²) in [5.74, 6) is -0.333. The van der Waals surface area contributed by atoms with Crippen LogP contribution in [-0.2, 0) is 25.5 Å². The van der Waals surface area contributed by atoms with Crippen LogP contribution in [0.2, 0.25) is 0 Å². The maximum absolute atomic E-state index is 12.3. The first-order valence-electron chi connectivity index (χ1n) is 9.85. The molecule has 2 aliphatic heterocycles. The number of anilines is 1. The highest BCUT2D eigenvalue weighted by atomic mass is 16.6. The predicted molar refractivity (Wildman–Crippen MR) is 104 cm³/mol. The van der Waals surface area contributed by atoms with Gasteiger partial charge in [-0.15, -0.1) is 0 Å². The minimum Gasteiger partial charge on any atom is -0.464 e. The van der Waals surface area contributed by atoms with Gasteiger partial charge >= 0.3 is 12.1 Å². The fourth-order valence-corrected chi connectivity index (χ4v) is 3.63. The first-order valence-corrected chi connectivity index (χ1v) is 9.85. The van der Waals surface area contributed by atoms with E-state index in [1.54, 1.807) is 11.8 Å². The van der Waals surface area contributed by atoms with Crippen molar-refractivity contribution >= 4 is 17.7 Å². The number of amides is 1. The molecular formula is C20H29N3O5. The Labute approximate surface area is 165 Å². The molecule has 2 unspecified atom stereocenters. The summed E-state index contributed by atoms with van der Waals surface area (Å²) in [4.78, 5) is 27.6. The molecule has 3 rings (SSSR count). The van der Waals surface area contributed by atoms with Gasteiger partial charge in [-0.05, 0) is 44.0 Å². The number of carbonyl (C=O) groups excluding carboxylic acids is 2. The van der Waals surface area contributed by atoms with Gasteiger partial charge in [0.15, 0.2) is 0 Å². The van der Waals surface area contributed by atoms with E-state index in [0.717, 1.165) is 37.2 Å². The van der Waals surface area contributed by atoms with Crippen molar-refractivity contribution in [2.24, 2.45) is 5.73 Å². The molecule has 8 nitrogen and oxygen atoms in total. The van der Waals surface area contributed by atoms with Crippen LogP contribution in [0.25, 0.3) is 0 Å². The zero-order chi connectivity index (χ0) is 19.9. The molecule has 2 atom stereocenters. The monoisotopic (exact) mass is 391 g/mol. The number of esters is 1. The van der Waals surface area contributed by atoms with E-state index in [1.165, 1.54) is 0 Å². The summed E-state index contributed by atoms with van der Waals surface area (Å²) in [5.41, 5.74) is 7.47. The Hall–Kier alpha value is -2.16. The molecule has 154 valence electrons. The minimum atomic E-state index is -0.333. The lowest BCUT2D eigenvalue weighted by Gasteiger charge is -2.33. The van der Waals surface area contributed by atoms with Crippen LogP contribution in [0.3, 0.4) is 0 Å². The summed E-state index contributed by atoms with van der Waals surface area (Å²) in [6.45, 7) is 5.42. The summed E-state index contributed by atoms with van der Waals surface area (Å²) in [6, 6.07) is 7.64. The van der Waals surface area contributed by atoms with Crippen molar-refractivity contribution in [2.45, 2.75) is 38.5 Å². The Morgan fingerprint density at radius 3 is 2.79 bits per heavy atom. The summed E-state index contributed by atoms with van der Waals surface area (Å²) in [7, 11) is 0. The summed E-state index contributed by atoms with van der Waals surface area (Å²) >= 11 is 0. The van der Waals surface area contributed by atoms with Crippen LogP contribution in [0.5, 0.6) is 0 Å². The number of nitrogens with two attached hydrogens (primary N) is 1. The topological polar surface area (TPSA) is 94.3 Å². The lowest BCUT2D eigenvalue weighted by molar-refractivity contribution is -0.151. The van der Waals surface area contributed by atoms with Crippen LogP contribution in [0.15, 0.2) is 24.3 Å². The van der Waals surface area contributed by atoms with Crippen molar-refractivity contribution in [3.8, 4) is 0 Å². The van der Waals surface area contributed by atoms with Crippen molar-refractivity contribution in [1.29, 1.82) is 0 Å². The molecule has 1 amide bonds.